The van der Waals surface area contributed by atoms with Crippen molar-refractivity contribution in [1.82, 2.24) is 5.32 Å². The summed E-state index contributed by atoms with van der Waals surface area (Å²) < 4.78 is 13.1. The summed E-state index contributed by atoms with van der Waals surface area (Å²) in [5, 5.41) is 12.2. The molecule has 0 bridgehead atoms. The third-order valence-electron chi connectivity index (χ3n) is 2.60. The van der Waals surface area contributed by atoms with Gasteiger partial charge in [0.05, 0.1) is 11.6 Å². The number of phenolic OH excluding ortho intramolecular Hbond substituents is 1. The fourth-order valence-electron chi connectivity index (χ4n) is 1.57. The molecule has 1 amide bonds. The average molecular weight is 261 g/mol. The molecule has 0 fully saturated rings. The molecule has 19 heavy (non-hydrogen) atoms. The van der Waals surface area contributed by atoms with E-state index in [2.05, 4.69) is 18.5 Å². The number of allylic oxidation sites excluding steroid dienone is 2. The lowest BCUT2D eigenvalue weighted by Crippen LogP contribution is -2.33. The predicted octanol–water partition coefficient (Wildman–Crippen LogP) is 2.95. The molecule has 0 heterocycles. The highest BCUT2D eigenvalue weighted by molar-refractivity contribution is 5.97. The summed E-state index contributed by atoms with van der Waals surface area (Å²) in [5.74, 6) is -1.40. The molecular weight excluding hydrogens is 245 g/mol. The molecule has 0 radical (unpaired) electrons. The molecule has 0 aliphatic heterocycles. The summed E-state index contributed by atoms with van der Waals surface area (Å²) in [6, 6.07) is 2.89. The maximum Gasteiger partial charge on any atom is 0.255 e. The highest BCUT2D eigenvalue weighted by Gasteiger charge is 2.15. The summed E-state index contributed by atoms with van der Waals surface area (Å²) in [6.45, 7) is 8.96. The van der Waals surface area contributed by atoms with Gasteiger partial charge in [0.25, 0.3) is 5.91 Å². The zero-order chi connectivity index (χ0) is 14.4. The minimum atomic E-state index is -0.582. The van der Waals surface area contributed by atoms with Crippen LogP contribution in [0.15, 0.2) is 55.2 Å². The molecule has 1 atom stereocenters. The van der Waals surface area contributed by atoms with Gasteiger partial charge >= 0.3 is 0 Å². The van der Waals surface area contributed by atoms with Crippen molar-refractivity contribution in [3.63, 3.8) is 0 Å². The first-order valence-corrected chi connectivity index (χ1v) is 5.74. The Labute approximate surface area is 111 Å². The van der Waals surface area contributed by atoms with E-state index in [1.165, 1.54) is 0 Å². The highest BCUT2D eigenvalue weighted by Crippen LogP contribution is 2.18. The summed E-state index contributed by atoms with van der Waals surface area (Å²) in [4.78, 5) is 11.9. The molecule has 0 saturated heterocycles. The molecule has 100 valence electrons. The topological polar surface area (TPSA) is 49.3 Å². The Morgan fingerprint density at radius 2 is 2.16 bits per heavy atom. The van der Waals surface area contributed by atoms with Gasteiger partial charge in [0, 0.05) is 0 Å². The smallest absolute Gasteiger partial charge is 0.255 e. The third-order valence-corrected chi connectivity index (χ3v) is 2.60. The van der Waals surface area contributed by atoms with Crippen LogP contribution in [-0.4, -0.2) is 17.1 Å². The number of benzene rings is 1. The van der Waals surface area contributed by atoms with Crippen LogP contribution < -0.4 is 5.32 Å². The van der Waals surface area contributed by atoms with Crippen molar-refractivity contribution in [2.45, 2.75) is 13.0 Å². The van der Waals surface area contributed by atoms with Crippen LogP contribution in [0.2, 0.25) is 0 Å². The van der Waals surface area contributed by atoms with Crippen molar-refractivity contribution >= 4 is 5.91 Å². The van der Waals surface area contributed by atoms with E-state index >= 15 is 0 Å². The SMILES string of the molecule is C=C/C=C(\C=C)C(C)NC(=O)c1cc(F)ccc1O. The van der Waals surface area contributed by atoms with Crippen molar-refractivity contribution in [2.24, 2.45) is 0 Å². The minimum Gasteiger partial charge on any atom is -0.507 e. The second-order valence-electron chi connectivity index (χ2n) is 3.96. The Morgan fingerprint density at radius 1 is 1.47 bits per heavy atom. The van der Waals surface area contributed by atoms with Gasteiger partial charge in [-0.2, -0.15) is 0 Å². The van der Waals surface area contributed by atoms with E-state index in [9.17, 15) is 14.3 Å². The van der Waals surface area contributed by atoms with Gasteiger partial charge in [-0.05, 0) is 30.7 Å². The molecule has 0 spiro atoms. The van der Waals surface area contributed by atoms with Crippen LogP contribution in [-0.2, 0) is 0 Å². The lowest BCUT2D eigenvalue weighted by atomic mass is 10.1. The van der Waals surface area contributed by atoms with Crippen LogP contribution in [0.1, 0.15) is 17.3 Å². The first kappa shape index (κ1) is 14.7. The van der Waals surface area contributed by atoms with Gasteiger partial charge in [-0.1, -0.05) is 31.4 Å². The number of nitrogens with one attached hydrogen (secondary N) is 1. The largest absolute Gasteiger partial charge is 0.507 e. The minimum absolute atomic E-state index is 0.103. The van der Waals surface area contributed by atoms with E-state index in [-0.39, 0.29) is 17.4 Å². The number of phenols is 1. The van der Waals surface area contributed by atoms with E-state index in [4.69, 9.17) is 0 Å². The van der Waals surface area contributed by atoms with E-state index in [0.29, 0.717) is 0 Å². The van der Waals surface area contributed by atoms with Crippen molar-refractivity contribution < 1.29 is 14.3 Å². The molecule has 0 aliphatic rings. The standard InChI is InChI=1S/C15H16FNO2/c1-4-6-11(5-2)10(3)17-15(19)13-9-12(16)7-8-14(13)18/h4-10,18H,1-2H2,3H3,(H,17,19)/b11-6+. The quantitative estimate of drug-likeness (QED) is 0.801. The van der Waals surface area contributed by atoms with Gasteiger partial charge in [-0.3, -0.25) is 4.79 Å². The fraction of sp³-hybridized carbons (Fsp3) is 0.133. The van der Waals surface area contributed by atoms with E-state index in [1.807, 2.05) is 0 Å². The molecule has 2 N–H and O–H groups in total. The highest BCUT2D eigenvalue weighted by atomic mass is 19.1. The Morgan fingerprint density at radius 3 is 2.74 bits per heavy atom. The Hall–Kier alpha value is -2.36. The maximum atomic E-state index is 13.1. The number of halogens is 1. The lowest BCUT2D eigenvalue weighted by Gasteiger charge is -2.15. The number of hydrogen-bond donors (Lipinski definition) is 2. The molecule has 3 nitrogen and oxygen atoms in total. The van der Waals surface area contributed by atoms with Crippen LogP contribution in [0, 0.1) is 5.82 Å². The Bertz CT molecular complexity index is 535. The van der Waals surface area contributed by atoms with Gasteiger partial charge in [-0.15, -0.1) is 0 Å². The number of rotatable bonds is 5. The van der Waals surface area contributed by atoms with Crippen molar-refractivity contribution in [3.05, 3.63) is 66.5 Å². The second kappa shape index (κ2) is 6.54. The van der Waals surface area contributed by atoms with Crippen LogP contribution in [0.5, 0.6) is 5.75 Å². The lowest BCUT2D eigenvalue weighted by molar-refractivity contribution is 0.0942. The third kappa shape index (κ3) is 3.81. The monoisotopic (exact) mass is 261 g/mol. The summed E-state index contributed by atoms with van der Waals surface area (Å²) in [6.07, 6.45) is 4.89. The van der Waals surface area contributed by atoms with Gasteiger partial charge in [0.1, 0.15) is 11.6 Å². The molecule has 1 aromatic rings. The van der Waals surface area contributed by atoms with Gasteiger partial charge in [-0.25, -0.2) is 4.39 Å². The predicted molar refractivity (Wildman–Crippen MR) is 73.5 cm³/mol. The molecule has 0 saturated carbocycles. The first-order valence-electron chi connectivity index (χ1n) is 5.74. The van der Waals surface area contributed by atoms with Crippen molar-refractivity contribution in [1.29, 1.82) is 0 Å². The zero-order valence-electron chi connectivity index (χ0n) is 10.7. The fourth-order valence-corrected chi connectivity index (χ4v) is 1.57. The summed E-state index contributed by atoms with van der Waals surface area (Å²) >= 11 is 0. The Kier molecular flexibility index (Phi) is 5.06. The second-order valence-corrected chi connectivity index (χ2v) is 3.96. The molecular formula is C15H16FNO2. The Balaban J connectivity index is 2.90. The number of aromatic hydroxyl groups is 1. The number of hydrogen-bond acceptors (Lipinski definition) is 2. The molecule has 1 aromatic carbocycles. The maximum absolute atomic E-state index is 13.1. The molecule has 0 aliphatic carbocycles. The summed E-state index contributed by atoms with van der Waals surface area (Å²) in [7, 11) is 0. The van der Waals surface area contributed by atoms with Crippen molar-refractivity contribution in [3.8, 4) is 5.75 Å². The first-order chi connectivity index (χ1) is 8.99. The van der Waals surface area contributed by atoms with Crippen molar-refractivity contribution in [2.75, 3.05) is 0 Å². The van der Waals surface area contributed by atoms with Crippen LogP contribution >= 0.6 is 0 Å². The van der Waals surface area contributed by atoms with E-state index in [0.717, 1.165) is 23.8 Å². The van der Waals surface area contributed by atoms with Gasteiger partial charge < -0.3 is 10.4 Å². The number of carbonyl (C=O) groups excluding carboxylic acids is 1. The summed E-state index contributed by atoms with van der Waals surface area (Å²) in [5.41, 5.74) is 0.660. The molecule has 0 aromatic heterocycles. The van der Waals surface area contributed by atoms with E-state index < -0.39 is 11.7 Å². The van der Waals surface area contributed by atoms with Crippen LogP contribution in [0.3, 0.4) is 0 Å². The van der Waals surface area contributed by atoms with Crippen LogP contribution in [0.4, 0.5) is 4.39 Å². The normalized spacial score (nSPS) is 12.6. The molecule has 1 rings (SSSR count). The average Bonchev–Trinajstić information content (AvgIpc) is 2.38. The molecule has 1 unspecified atom stereocenters. The van der Waals surface area contributed by atoms with Gasteiger partial charge in [0.15, 0.2) is 0 Å². The van der Waals surface area contributed by atoms with Crippen LogP contribution in [0.25, 0.3) is 0 Å². The number of carbonyl (C=O) groups is 1. The number of amides is 1. The van der Waals surface area contributed by atoms with E-state index in [1.54, 1.807) is 25.2 Å². The zero-order valence-corrected chi connectivity index (χ0v) is 10.7. The molecule has 4 heteroatoms. The van der Waals surface area contributed by atoms with Gasteiger partial charge in [0.2, 0.25) is 0 Å².